The number of imidazole rings is 1. The number of amides is 1. The highest BCUT2D eigenvalue weighted by atomic mass is 32.2. The van der Waals surface area contributed by atoms with Crippen LogP contribution in [0.1, 0.15) is 5.76 Å². The first-order valence-electron chi connectivity index (χ1n) is 6.93. The monoisotopic (exact) mass is 331 g/mol. The van der Waals surface area contributed by atoms with Crippen LogP contribution in [0.3, 0.4) is 0 Å². The molecule has 2 heterocycles. The van der Waals surface area contributed by atoms with Crippen molar-refractivity contribution >= 4 is 23.4 Å². The number of furan rings is 1. The Morgan fingerprint density at radius 3 is 2.96 bits per heavy atom. The summed E-state index contributed by atoms with van der Waals surface area (Å²) in [6, 6.07) is 9.77. The Morgan fingerprint density at radius 1 is 1.30 bits per heavy atom. The molecule has 1 amide bonds. The fraction of sp³-hybridized carbons (Fsp3) is 0.125. The zero-order chi connectivity index (χ0) is 16.1. The van der Waals surface area contributed by atoms with E-state index in [1.54, 1.807) is 24.6 Å². The number of hydrogen-bond acceptors (Lipinski definition) is 4. The van der Waals surface area contributed by atoms with Crippen molar-refractivity contribution in [3.8, 4) is 0 Å². The number of halogens is 1. The molecule has 0 aliphatic carbocycles. The summed E-state index contributed by atoms with van der Waals surface area (Å²) in [6.07, 6.45) is 5.10. The van der Waals surface area contributed by atoms with Gasteiger partial charge in [-0.1, -0.05) is 23.9 Å². The maximum Gasteiger partial charge on any atom is 0.234 e. The van der Waals surface area contributed by atoms with Gasteiger partial charge < -0.3 is 14.3 Å². The van der Waals surface area contributed by atoms with Crippen molar-refractivity contribution in [2.45, 2.75) is 11.7 Å². The van der Waals surface area contributed by atoms with Crippen molar-refractivity contribution < 1.29 is 13.6 Å². The van der Waals surface area contributed by atoms with E-state index in [1.807, 2.05) is 22.9 Å². The van der Waals surface area contributed by atoms with Crippen molar-refractivity contribution in [2.24, 2.45) is 0 Å². The number of hydrogen-bond donors (Lipinski definition) is 1. The van der Waals surface area contributed by atoms with E-state index in [1.165, 1.54) is 23.9 Å². The second kappa shape index (κ2) is 7.15. The smallest absolute Gasteiger partial charge is 0.234 e. The molecule has 1 aromatic carbocycles. The summed E-state index contributed by atoms with van der Waals surface area (Å²) in [4.78, 5) is 16.2. The SMILES string of the molecule is O=C(CSc1nccn1Cc1ccco1)Nc1ccccc1F. The van der Waals surface area contributed by atoms with Crippen LogP contribution in [-0.2, 0) is 11.3 Å². The minimum Gasteiger partial charge on any atom is -0.467 e. The summed E-state index contributed by atoms with van der Waals surface area (Å²) < 4.78 is 20.7. The molecule has 0 atom stereocenters. The second-order valence-corrected chi connectivity index (χ2v) is 5.68. The summed E-state index contributed by atoms with van der Waals surface area (Å²) in [6.45, 7) is 0.546. The Kier molecular flexibility index (Phi) is 4.77. The molecule has 0 saturated carbocycles. The van der Waals surface area contributed by atoms with Crippen LogP contribution < -0.4 is 5.32 Å². The van der Waals surface area contributed by atoms with Crippen molar-refractivity contribution in [3.63, 3.8) is 0 Å². The van der Waals surface area contributed by atoms with Gasteiger partial charge >= 0.3 is 0 Å². The van der Waals surface area contributed by atoms with Gasteiger partial charge in [-0.2, -0.15) is 0 Å². The molecular weight excluding hydrogens is 317 g/mol. The number of carbonyl (C=O) groups is 1. The van der Waals surface area contributed by atoms with Crippen molar-refractivity contribution in [1.29, 1.82) is 0 Å². The van der Waals surface area contributed by atoms with Crippen LogP contribution in [-0.4, -0.2) is 21.2 Å². The predicted molar refractivity (Wildman–Crippen MR) is 85.8 cm³/mol. The number of para-hydroxylation sites is 1. The van der Waals surface area contributed by atoms with E-state index in [4.69, 9.17) is 4.42 Å². The zero-order valence-electron chi connectivity index (χ0n) is 12.1. The highest BCUT2D eigenvalue weighted by Crippen LogP contribution is 2.19. The maximum atomic E-state index is 13.5. The number of nitrogens with one attached hydrogen (secondary N) is 1. The summed E-state index contributed by atoms with van der Waals surface area (Å²) >= 11 is 1.28. The second-order valence-electron chi connectivity index (χ2n) is 4.73. The van der Waals surface area contributed by atoms with Gasteiger partial charge in [0.25, 0.3) is 0 Å². The Morgan fingerprint density at radius 2 is 2.17 bits per heavy atom. The molecular formula is C16H14FN3O2S. The van der Waals surface area contributed by atoms with Crippen LogP contribution in [0.15, 0.2) is 64.6 Å². The standard InChI is InChI=1S/C16H14FN3O2S/c17-13-5-1-2-6-14(13)19-15(21)11-23-16-18-7-8-20(16)10-12-4-3-9-22-12/h1-9H,10-11H2,(H,19,21). The number of rotatable bonds is 6. The largest absolute Gasteiger partial charge is 0.467 e. The first kappa shape index (κ1) is 15.4. The summed E-state index contributed by atoms with van der Waals surface area (Å²) in [7, 11) is 0. The number of carbonyl (C=O) groups excluding carboxylic acids is 1. The third kappa shape index (κ3) is 4.01. The molecule has 118 valence electrons. The van der Waals surface area contributed by atoms with Gasteiger partial charge in [-0.05, 0) is 24.3 Å². The Balaban J connectivity index is 1.57. The zero-order valence-corrected chi connectivity index (χ0v) is 12.9. The van der Waals surface area contributed by atoms with Gasteiger partial charge in [0, 0.05) is 12.4 Å². The lowest BCUT2D eigenvalue weighted by atomic mass is 10.3. The molecule has 0 aliphatic rings. The van der Waals surface area contributed by atoms with Gasteiger partial charge in [-0.3, -0.25) is 4.79 Å². The molecule has 0 saturated heterocycles. The average molecular weight is 331 g/mol. The van der Waals surface area contributed by atoms with Gasteiger partial charge in [0.05, 0.1) is 24.2 Å². The molecule has 23 heavy (non-hydrogen) atoms. The van der Waals surface area contributed by atoms with E-state index in [2.05, 4.69) is 10.3 Å². The van der Waals surface area contributed by atoms with Crippen LogP contribution in [0.2, 0.25) is 0 Å². The maximum absolute atomic E-state index is 13.5. The molecule has 5 nitrogen and oxygen atoms in total. The van der Waals surface area contributed by atoms with E-state index < -0.39 is 5.82 Å². The van der Waals surface area contributed by atoms with Gasteiger partial charge in [0.2, 0.25) is 5.91 Å². The van der Waals surface area contributed by atoms with Gasteiger partial charge in [-0.25, -0.2) is 9.37 Å². The highest BCUT2D eigenvalue weighted by molar-refractivity contribution is 7.99. The van der Waals surface area contributed by atoms with Gasteiger partial charge in [0.15, 0.2) is 5.16 Å². The van der Waals surface area contributed by atoms with Crippen LogP contribution in [0.4, 0.5) is 10.1 Å². The average Bonchev–Trinajstić information content (AvgIpc) is 3.20. The minimum atomic E-state index is -0.454. The van der Waals surface area contributed by atoms with E-state index >= 15 is 0 Å². The molecule has 0 unspecified atom stereocenters. The normalized spacial score (nSPS) is 10.7. The summed E-state index contributed by atoms with van der Waals surface area (Å²) in [5.41, 5.74) is 0.178. The Bertz CT molecular complexity index is 786. The van der Waals surface area contributed by atoms with E-state index in [9.17, 15) is 9.18 Å². The summed E-state index contributed by atoms with van der Waals surface area (Å²) in [5, 5.41) is 3.25. The number of aromatic nitrogens is 2. The first-order valence-corrected chi connectivity index (χ1v) is 7.91. The summed E-state index contributed by atoms with van der Waals surface area (Å²) in [5.74, 6) is 0.210. The number of benzene rings is 1. The fourth-order valence-corrected chi connectivity index (χ4v) is 2.76. The third-order valence-electron chi connectivity index (χ3n) is 3.06. The molecule has 0 radical (unpaired) electrons. The van der Waals surface area contributed by atoms with Crippen molar-refractivity contribution in [2.75, 3.05) is 11.1 Å². The minimum absolute atomic E-state index is 0.142. The molecule has 7 heteroatoms. The molecule has 0 spiro atoms. The molecule has 0 aliphatic heterocycles. The van der Waals surface area contributed by atoms with E-state index in [-0.39, 0.29) is 17.3 Å². The number of anilines is 1. The fourth-order valence-electron chi connectivity index (χ4n) is 2.01. The van der Waals surface area contributed by atoms with Crippen LogP contribution in [0.5, 0.6) is 0 Å². The molecule has 0 bridgehead atoms. The lowest BCUT2D eigenvalue weighted by Crippen LogP contribution is -2.15. The number of nitrogens with zero attached hydrogens (tertiary/aromatic N) is 2. The molecule has 0 fully saturated rings. The first-order chi connectivity index (χ1) is 11.2. The quantitative estimate of drug-likeness (QED) is 0.703. The Hall–Kier alpha value is -2.54. The van der Waals surface area contributed by atoms with E-state index in [0.29, 0.717) is 11.7 Å². The van der Waals surface area contributed by atoms with Crippen LogP contribution in [0, 0.1) is 5.82 Å². The highest BCUT2D eigenvalue weighted by Gasteiger charge is 2.10. The Labute approximate surface area is 136 Å². The van der Waals surface area contributed by atoms with Crippen molar-refractivity contribution in [1.82, 2.24) is 9.55 Å². The van der Waals surface area contributed by atoms with Gasteiger partial charge in [0.1, 0.15) is 11.6 Å². The van der Waals surface area contributed by atoms with Gasteiger partial charge in [-0.15, -0.1) is 0 Å². The number of thioether (sulfide) groups is 1. The van der Waals surface area contributed by atoms with Crippen LogP contribution in [0.25, 0.3) is 0 Å². The van der Waals surface area contributed by atoms with E-state index in [0.717, 1.165) is 5.76 Å². The lowest BCUT2D eigenvalue weighted by molar-refractivity contribution is -0.113. The third-order valence-corrected chi connectivity index (χ3v) is 4.07. The molecule has 3 rings (SSSR count). The van der Waals surface area contributed by atoms with Crippen LogP contribution >= 0.6 is 11.8 Å². The van der Waals surface area contributed by atoms with Crippen molar-refractivity contribution in [3.05, 3.63) is 66.6 Å². The molecule has 2 aromatic heterocycles. The topological polar surface area (TPSA) is 60.1 Å². The molecule has 3 aromatic rings. The molecule has 1 N–H and O–H groups in total. The predicted octanol–water partition coefficient (Wildman–Crippen LogP) is 3.39. The lowest BCUT2D eigenvalue weighted by Gasteiger charge is -2.07.